The normalized spacial score (nSPS) is 10.2. The largest absolute Gasteiger partial charge is 0.483 e. The number of para-hydroxylation sites is 1. The first kappa shape index (κ1) is 17.5. The Bertz CT molecular complexity index is 736. The summed E-state index contributed by atoms with van der Waals surface area (Å²) in [5.41, 5.74) is 3.33. The van der Waals surface area contributed by atoms with Crippen molar-refractivity contribution in [2.24, 2.45) is 0 Å². The number of hydrogen-bond acceptors (Lipinski definition) is 3. The molecule has 0 fully saturated rings. The molecule has 0 heterocycles. The number of nitrogens with zero attached hydrogens (tertiary/aromatic N) is 1. The molecule has 0 saturated carbocycles. The van der Waals surface area contributed by atoms with Gasteiger partial charge >= 0.3 is 0 Å². The lowest BCUT2D eigenvalue weighted by Crippen LogP contribution is -2.23. The smallest absolute Gasteiger partial charge is 0.262 e. The maximum absolute atomic E-state index is 12.1. The van der Waals surface area contributed by atoms with E-state index >= 15 is 0 Å². The number of rotatable bonds is 5. The summed E-state index contributed by atoms with van der Waals surface area (Å²) in [6, 6.07) is 13.0. The quantitative estimate of drug-likeness (QED) is 0.917. The van der Waals surface area contributed by atoms with Gasteiger partial charge in [-0.05, 0) is 43.2 Å². The third-order valence-corrected chi connectivity index (χ3v) is 3.75. The number of carbonyl (C=O) groups is 2. The number of benzene rings is 2. The number of anilines is 2. The Morgan fingerprint density at radius 1 is 1.08 bits per heavy atom. The van der Waals surface area contributed by atoms with Crippen LogP contribution in [-0.4, -0.2) is 25.5 Å². The van der Waals surface area contributed by atoms with Crippen molar-refractivity contribution < 1.29 is 14.3 Å². The van der Waals surface area contributed by atoms with E-state index < -0.39 is 0 Å². The second kappa shape index (κ2) is 7.64. The van der Waals surface area contributed by atoms with Gasteiger partial charge in [-0.2, -0.15) is 0 Å². The summed E-state index contributed by atoms with van der Waals surface area (Å²) in [5.74, 6) is 0.412. The van der Waals surface area contributed by atoms with Gasteiger partial charge in [0.1, 0.15) is 5.75 Å². The van der Waals surface area contributed by atoms with Crippen LogP contribution in [0.15, 0.2) is 42.5 Å². The molecule has 0 aromatic heterocycles. The maximum Gasteiger partial charge on any atom is 0.262 e. The Morgan fingerprint density at radius 2 is 1.71 bits per heavy atom. The van der Waals surface area contributed by atoms with E-state index in [2.05, 4.69) is 5.32 Å². The van der Waals surface area contributed by atoms with Gasteiger partial charge in [-0.25, -0.2) is 0 Å². The first-order chi connectivity index (χ1) is 11.4. The van der Waals surface area contributed by atoms with Crippen molar-refractivity contribution >= 4 is 23.2 Å². The molecule has 0 aliphatic carbocycles. The monoisotopic (exact) mass is 326 g/mol. The number of ether oxygens (including phenoxy) is 1. The van der Waals surface area contributed by atoms with Crippen LogP contribution in [0.1, 0.15) is 18.1 Å². The van der Waals surface area contributed by atoms with Crippen molar-refractivity contribution in [3.05, 3.63) is 53.6 Å². The van der Waals surface area contributed by atoms with Crippen molar-refractivity contribution in [2.75, 3.05) is 23.9 Å². The summed E-state index contributed by atoms with van der Waals surface area (Å²) in [4.78, 5) is 25.0. The Hall–Kier alpha value is -2.82. The average molecular weight is 326 g/mol. The Morgan fingerprint density at radius 3 is 2.33 bits per heavy atom. The average Bonchev–Trinajstić information content (AvgIpc) is 2.53. The van der Waals surface area contributed by atoms with E-state index in [1.165, 1.54) is 11.8 Å². The fourth-order valence-electron chi connectivity index (χ4n) is 2.34. The van der Waals surface area contributed by atoms with E-state index in [1.807, 2.05) is 38.1 Å². The molecule has 0 atom stereocenters. The minimum absolute atomic E-state index is 0.0710. The molecule has 1 N–H and O–H groups in total. The van der Waals surface area contributed by atoms with Crippen molar-refractivity contribution in [2.45, 2.75) is 20.8 Å². The first-order valence-corrected chi connectivity index (χ1v) is 7.71. The fraction of sp³-hybridized carbons (Fsp3) is 0.263. The van der Waals surface area contributed by atoms with Crippen LogP contribution in [0.3, 0.4) is 0 Å². The van der Waals surface area contributed by atoms with Crippen LogP contribution in [0, 0.1) is 13.8 Å². The van der Waals surface area contributed by atoms with Gasteiger partial charge in [-0.3, -0.25) is 9.59 Å². The van der Waals surface area contributed by atoms with Crippen LogP contribution in [0.4, 0.5) is 11.4 Å². The molecule has 126 valence electrons. The van der Waals surface area contributed by atoms with Gasteiger partial charge in [-0.15, -0.1) is 0 Å². The SMILES string of the molecule is CC(=O)N(C)c1cccc(NC(=O)COc2c(C)cccc2C)c1. The molecule has 0 radical (unpaired) electrons. The zero-order valence-corrected chi connectivity index (χ0v) is 14.4. The predicted octanol–water partition coefficient (Wildman–Crippen LogP) is 3.30. The van der Waals surface area contributed by atoms with Crippen molar-refractivity contribution in [1.82, 2.24) is 0 Å². The van der Waals surface area contributed by atoms with E-state index in [0.717, 1.165) is 22.6 Å². The molecule has 24 heavy (non-hydrogen) atoms. The van der Waals surface area contributed by atoms with Crippen molar-refractivity contribution in [3.63, 3.8) is 0 Å². The van der Waals surface area contributed by atoms with Crippen molar-refractivity contribution in [3.8, 4) is 5.75 Å². The number of nitrogens with one attached hydrogen (secondary N) is 1. The highest BCUT2D eigenvalue weighted by atomic mass is 16.5. The third kappa shape index (κ3) is 4.35. The van der Waals surface area contributed by atoms with Crippen molar-refractivity contribution in [1.29, 1.82) is 0 Å². The number of carbonyl (C=O) groups excluding carboxylic acids is 2. The fourth-order valence-corrected chi connectivity index (χ4v) is 2.34. The van der Waals surface area contributed by atoms with Gasteiger partial charge in [0, 0.05) is 25.3 Å². The van der Waals surface area contributed by atoms with E-state index in [1.54, 1.807) is 25.2 Å². The van der Waals surface area contributed by atoms with Crippen LogP contribution < -0.4 is 15.0 Å². The van der Waals surface area contributed by atoms with Crippen LogP contribution in [0.5, 0.6) is 5.75 Å². The molecule has 0 spiro atoms. The lowest BCUT2D eigenvalue weighted by molar-refractivity contribution is -0.118. The van der Waals surface area contributed by atoms with E-state index in [-0.39, 0.29) is 18.4 Å². The molecule has 2 aromatic carbocycles. The zero-order valence-electron chi connectivity index (χ0n) is 14.4. The van der Waals surface area contributed by atoms with Gasteiger partial charge < -0.3 is 15.0 Å². The second-order valence-electron chi connectivity index (χ2n) is 5.69. The minimum Gasteiger partial charge on any atom is -0.483 e. The zero-order chi connectivity index (χ0) is 17.7. The van der Waals surface area contributed by atoms with E-state index in [0.29, 0.717) is 5.69 Å². The number of aryl methyl sites for hydroxylation is 2. The van der Waals surface area contributed by atoms with Gasteiger partial charge in [0.15, 0.2) is 6.61 Å². The van der Waals surface area contributed by atoms with Gasteiger partial charge in [-0.1, -0.05) is 24.3 Å². The summed E-state index contributed by atoms with van der Waals surface area (Å²) in [5, 5.41) is 2.78. The standard InChI is InChI=1S/C19H22N2O3/c1-13-7-5-8-14(2)19(13)24-12-18(23)20-16-9-6-10-17(11-16)21(4)15(3)22/h5-11H,12H2,1-4H3,(H,20,23). The van der Waals surface area contributed by atoms with Crippen LogP contribution in [0.25, 0.3) is 0 Å². The molecular weight excluding hydrogens is 304 g/mol. The molecule has 2 rings (SSSR count). The molecule has 2 aromatic rings. The van der Waals surface area contributed by atoms with Gasteiger partial charge in [0.25, 0.3) is 5.91 Å². The topological polar surface area (TPSA) is 58.6 Å². The van der Waals surface area contributed by atoms with E-state index in [9.17, 15) is 9.59 Å². The molecule has 5 heteroatoms. The molecule has 0 aliphatic heterocycles. The summed E-state index contributed by atoms with van der Waals surface area (Å²) < 4.78 is 5.64. The molecule has 0 saturated heterocycles. The summed E-state index contributed by atoms with van der Waals surface area (Å²) >= 11 is 0. The van der Waals surface area contributed by atoms with Gasteiger partial charge in [0.05, 0.1) is 0 Å². The molecule has 0 bridgehead atoms. The van der Waals surface area contributed by atoms with Crippen LogP contribution >= 0.6 is 0 Å². The molecule has 0 unspecified atom stereocenters. The summed E-state index contributed by atoms with van der Waals surface area (Å²) in [6.07, 6.45) is 0. The third-order valence-electron chi connectivity index (χ3n) is 3.75. The minimum atomic E-state index is -0.250. The highest BCUT2D eigenvalue weighted by molar-refractivity contribution is 5.94. The molecule has 0 aliphatic rings. The van der Waals surface area contributed by atoms with E-state index in [4.69, 9.17) is 4.74 Å². The maximum atomic E-state index is 12.1. The lowest BCUT2D eigenvalue weighted by Gasteiger charge is -2.16. The highest BCUT2D eigenvalue weighted by Crippen LogP contribution is 2.22. The van der Waals surface area contributed by atoms with Gasteiger partial charge in [0.2, 0.25) is 5.91 Å². The molecule has 2 amide bonds. The predicted molar refractivity (Wildman–Crippen MR) is 95.6 cm³/mol. The summed E-state index contributed by atoms with van der Waals surface area (Å²) in [7, 11) is 1.69. The number of amides is 2. The number of hydrogen-bond donors (Lipinski definition) is 1. The highest BCUT2D eigenvalue weighted by Gasteiger charge is 2.10. The Kier molecular flexibility index (Phi) is 5.58. The van der Waals surface area contributed by atoms with Crippen LogP contribution in [0.2, 0.25) is 0 Å². The van der Waals surface area contributed by atoms with Crippen LogP contribution in [-0.2, 0) is 9.59 Å². The Labute approximate surface area is 142 Å². The molecule has 5 nitrogen and oxygen atoms in total. The lowest BCUT2D eigenvalue weighted by atomic mass is 10.1. The first-order valence-electron chi connectivity index (χ1n) is 7.71. The molecular formula is C19H22N2O3. The Balaban J connectivity index is 2.00. The summed E-state index contributed by atoms with van der Waals surface area (Å²) in [6.45, 7) is 5.31. The second-order valence-corrected chi connectivity index (χ2v) is 5.69.